The number of anilines is 1. The van der Waals surface area contributed by atoms with E-state index in [1.807, 2.05) is 61.5 Å². The molecule has 0 saturated heterocycles. The number of carbonyl (C=O) groups excluding carboxylic acids is 1. The highest BCUT2D eigenvalue weighted by Gasteiger charge is 2.12. The van der Waals surface area contributed by atoms with E-state index in [1.165, 1.54) is 0 Å². The van der Waals surface area contributed by atoms with Crippen LogP contribution in [0, 0.1) is 0 Å². The van der Waals surface area contributed by atoms with Crippen LogP contribution < -0.4 is 16.0 Å². The highest BCUT2D eigenvalue weighted by Crippen LogP contribution is 2.14. The summed E-state index contributed by atoms with van der Waals surface area (Å²) in [5.74, 6) is -0.770. The van der Waals surface area contributed by atoms with E-state index in [-0.39, 0.29) is 18.3 Å². The van der Waals surface area contributed by atoms with Crippen LogP contribution in [0.2, 0.25) is 0 Å². The van der Waals surface area contributed by atoms with Gasteiger partial charge in [-0.2, -0.15) is 4.68 Å². The summed E-state index contributed by atoms with van der Waals surface area (Å²) in [6, 6.07) is 16.9. The van der Waals surface area contributed by atoms with E-state index in [9.17, 15) is 9.59 Å². The highest BCUT2D eigenvalue weighted by molar-refractivity contribution is 5.75. The molecule has 0 aliphatic carbocycles. The first kappa shape index (κ1) is 17.5. The van der Waals surface area contributed by atoms with Crippen molar-refractivity contribution in [1.82, 2.24) is 15.1 Å². The van der Waals surface area contributed by atoms with Crippen LogP contribution in [0.4, 0.5) is 5.69 Å². The summed E-state index contributed by atoms with van der Waals surface area (Å²) in [6.07, 6.45) is 0. The molecular weight excluding hydrogens is 332 g/mol. The predicted molar refractivity (Wildman–Crippen MR) is 98.8 cm³/mol. The van der Waals surface area contributed by atoms with Crippen LogP contribution in [0.5, 0.6) is 0 Å². The van der Waals surface area contributed by atoms with Crippen LogP contribution >= 0.6 is 0 Å². The monoisotopic (exact) mass is 352 g/mol. The largest absolute Gasteiger partial charge is 0.437 e. The number of carbonyl (C=O) groups is 1. The zero-order valence-corrected chi connectivity index (χ0v) is 14.7. The summed E-state index contributed by atoms with van der Waals surface area (Å²) in [5.41, 5.74) is 2.74. The third-order valence-corrected chi connectivity index (χ3v) is 3.86. The van der Waals surface area contributed by atoms with Crippen molar-refractivity contribution in [2.45, 2.75) is 13.1 Å². The minimum atomic E-state index is -0.658. The van der Waals surface area contributed by atoms with Crippen molar-refractivity contribution in [3.8, 4) is 11.5 Å². The topological polar surface area (TPSA) is 80.4 Å². The zero-order chi connectivity index (χ0) is 18.5. The Morgan fingerprint density at radius 1 is 1.12 bits per heavy atom. The first-order valence-corrected chi connectivity index (χ1v) is 8.19. The van der Waals surface area contributed by atoms with E-state index >= 15 is 0 Å². The fourth-order valence-corrected chi connectivity index (χ4v) is 2.41. The molecule has 7 nitrogen and oxygen atoms in total. The SMILES string of the molecule is CN(C)c1ccc(CNC(=O)Cn2nc(-c3ccccc3)oc2=O)cc1. The number of hydrogen-bond donors (Lipinski definition) is 1. The van der Waals surface area contributed by atoms with Gasteiger partial charge in [0.15, 0.2) is 0 Å². The summed E-state index contributed by atoms with van der Waals surface area (Å²) in [6.45, 7) is 0.190. The second kappa shape index (κ2) is 7.69. The minimum absolute atomic E-state index is 0.190. The lowest BCUT2D eigenvalue weighted by Crippen LogP contribution is -2.31. The minimum Gasteiger partial charge on any atom is -0.388 e. The van der Waals surface area contributed by atoms with Crippen LogP contribution in [0.15, 0.2) is 63.8 Å². The van der Waals surface area contributed by atoms with Gasteiger partial charge in [-0.3, -0.25) is 4.79 Å². The number of benzene rings is 2. The highest BCUT2D eigenvalue weighted by atomic mass is 16.4. The molecule has 0 atom stereocenters. The van der Waals surface area contributed by atoms with Gasteiger partial charge in [-0.1, -0.05) is 30.3 Å². The lowest BCUT2D eigenvalue weighted by atomic mass is 10.2. The van der Waals surface area contributed by atoms with Gasteiger partial charge in [-0.25, -0.2) is 4.79 Å². The van der Waals surface area contributed by atoms with E-state index < -0.39 is 5.76 Å². The standard InChI is InChI=1S/C19H20N4O3/c1-22(2)16-10-8-14(9-11-16)12-20-17(24)13-23-19(25)26-18(21-23)15-6-4-3-5-7-15/h3-11H,12-13H2,1-2H3,(H,20,24). The number of aromatic nitrogens is 2. The molecule has 0 aliphatic heterocycles. The third kappa shape index (κ3) is 4.18. The fourth-order valence-electron chi connectivity index (χ4n) is 2.41. The summed E-state index contributed by atoms with van der Waals surface area (Å²) < 4.78 is 6.13. The van der Waals surface area contributed by atoms with Crippen molar-refractivity contribution in [1.29, 1.82) is 0 Å². The molecule has 2 aromatic carbocycles. The van der Waals surface area contributed by atoms with Gasteiger partial charge in [0.05, 0.1) is 0 Å². The summed E-state index contributed by atoms with van der Waals surface area (Å²) in [4.78, 5) is 26.0. The zero-order valence-electron chi connectivity index (χ0n) is 14.7. The molecule has 0 spiro atoms. The molecule has 1 amide bonds. The Bertz CT molecular complexity index is 927. The van der Waals surface area contributed by atoms with Crippen molar-refractivity contribution >= 4 is 11.6 Å². The van der Waals surface area contributed by atoms with Gasteiger partial charge in [0.25, 0.3) is 0 Å². The maximum absolute atomic E-state index is 12.1. The van der Waals surface area contributed by atoms with Crippen LogP contribution in [-0.4, -0.2) is 29.8 Å². The molecule has 7 heteroatoms. The van der Waals surface area contributed by atoms with Crippen LogP contribution in [0.25, 0.3) is 11.5 Å². The third-order valence-electron chi connectivity index (χ3n) is 3.86. The number of nitrogens with one attached hydrogen (secondary N) is 1. The summed E-state index contributed by atoms with van der Waals surface area (Å²) in [5, 5.41) is 6.86. The molecule has 0 aliphatic rings. The molecule has 0 unspecified atom stereocenters. The molecule has 0 radical (unpaired) electrons. The number of amides is 1. The first-order valence-electron chi connectivity index (χ1n) is 8.19. The van der Waals surface area contributed by atoms with Gasteiger partial charge < -0.3 is 14.6 Å². The number of nitrogens with zero attached hydrogens (tertiary/aromatic N) is 3. The fraction of sp³-hybridized carbons (Fsp3) is 0.211. The molecule has 26 heavy (non-hydrogen) atoms. The maximum atomic E-state index is 12.1. The Labute approximate surface area is 150 Å². The van der Waals surface area contributed by atoms with Crippen molar-refractivity contribution < 1.29 is 9.21 Å². The molecule has 3 aromatic rings. The normalized spacial score (nSPS) is 10.5. The molecular formula is C19H20N4O3. The lowest BCUT2D eigenvalue weighted by molar-refractivity contribution is -0.122. The van der Waals surface area contributed by atoms with Gasteiger partial charge in [-0.05, 0) is 29.8 Å². The quantitative estimate of drug-likeness (QED) is 0.733. The van der Waals surface area contributed by atoms with Crippen molar-refractivity contribution in [2.24, 2.45) is 0 Å². The maximum Gasteiger partial charge on any atom is 0.437 e. The Hall–Kier alpha value is -3.35. The molecule has 0 bridgehead atoms. The van der Waals surface area contributed by atoms with Gasteiger partial charge >= 0.3 is 5.76 Å². The molecule has 0 saturated carbocycles. The van der Waals surface area contributed by atoms with E-state index in [0.717, 1.165) is 15.9 Å². The Balaban J connectivity index is 1.60. The molecule has 1 N–H and O–H groups in total. The Morgan fingerprint density at radius 2 is 1.81 bits per heavy atom. The van der Waals surface area contributed by atoms with Crippen molar-refractivity contribution in [3.05, 3.63) is 70.7 Å². The van der Waals surface area contributed by atoms with E-state index in [1.54, 1.807) is 12.1 Å². The van der Waals surface area contributed by atoms with E-state index in [0.29, 0.717) is 12.1 Å². The number of hydrogen-bond acceptors (Lipinski definition) is 5. The van der Waals surface area contributed by atoms with Crippen LogP contribution in [0.1, 0.15) is 5.56 Å². The molecule has 0 fully saturated rings. The van der Waals surface area contributed by atoms with Crippen LogP contribution in [-0.2, 0) is 17.9 Å². The Kier molecular flexibility index (Phi) is 5.17. The average molecular weight is 352 g/mol. The van der Waals surface area contributed by atoms with Gasteiger partial charge in [0, 0.05) is 31.9 Å². The first-order chi connectivity index (χ1) is 12.5. The second-order valence-corrected chi connectivity index (χ2v) is 6.03. The molecule has 3 rings (SSSR count). The summed E-state index contributed by atoms with van der Waals surface area (Å²) in [7, 11) is 3.94. The van der Waals surface area contributed by atoms with Crippen molar-refractivity contribution in [2.75, 3.05) is 19.0 Å². The Morgan fingerprint density at radius 3 is 2.46 bits per heavy atom. The number of rotatable bonds is 6. The van der Waals surface area contributed by atoms with Gasteiger partial charge in [0.2, 0.25) is 11.8 Å². The smallest absolute Gasteiger partial charge is 0.388 e. The van der Waals surface area contributed by atoms with E-state index in [2.05, 4.69) is 10.4 Å². The van der Waals surface area contributed by atoms with Crippen molar-refractivity contribution in [3.63, 3.8) is 0 Å². The molecule has 1 aromatic heterocycles. The lowest BCUT2D eigenvalue weighted by Gasteiger charge is -2.12. The summed E-state index contributed by atoms with van der Waals surface area (Å²) >= 11 is 0. The predicted octanol–water partition coefficient (Wildman–Crippen LogP) is 1.89. The molecule has 134 valence electrons. The van der Waals surface area contributed by atoms with Gasteiger partial charge in [0.1, 0.15) is 6.54 Å². The second-order valence-electron chi connectivity index (χ2n) is 6.03. The molecule has 1 heterocycles. The van der Waals surface area contributed by atoms with E-state index in [4.69, 9.17) is 4.42 Å². The average Bonchev–Trinajstić information content (AvgIpc) is 3.01. The van der Waals surface area contributed by atoms with Gasteiger partial charge in [-0.15, -0.1) is 5.10 Å². The van der Waals surface area contributed by atoms with Crippen LogP contribution in [0.3, 0.4) is 0 Å².